The van der Waals surface area contributed by atoms with E-state index in [1.165, 1.54) is 0 Å². The van der Waals surface area contributed by atoms with Crippen molar-refractivity contribution in [2.75, 3.05) is 10.6 Å². The number of pyridine rings is 2. The third-order valence-corrected chi connectivity index (χ3v) is 6.51. The molecule has 2 N–H and O–H groups in total. The molecule has 2 atom stereocenters. The molecule has 12 heteroatoms. The maximum atomic E-state index is 12.7. The Morgan fingerprint density at radius 3 is 2.81 bits per heavy atom. The lowest BCUT2D eigenvalue weighted by atomic mass is 10.1. The average molecular weight is 509 g/mol. The Morgan fingerprint density at radius 1 is 1.22 bits per heavy atom. The molecule has 6 rings (SSSR count). The number of hydrogen-bond acceptors (Lipinski definition) is 6. The van der Waals surface area contributed by atoms with E-state index < -0.39 is 23.4 Å². The zero-order valence-corrected chi connectivity index (χ0v) is 19.2. The van der Waals surface area contributed by atoms with Crippen LogP contribution < -0.4 is 20.1 Å². The van der Waals surface area contributed by atoms with E-state index in [4.69, 9.17) is 9.47 Å². The summed E-state index contributed by atoms with van der Waals surface area (Å²) in [6.45, 7) is 1.81. The second kappa shape index (κ2) is 8.02. The Hall–Kier alpha value is -4.48. The van der Waals surface area contributed by atoms with E-state index in [2.05, 4.69) is 25.6 Å². The fourth-order valence-corrected chi connectivity index (χ4v) is 4.63. The number of carbonyl (C=O) groups excluding carboxylic acids is 2. The van der Waals surface area contributed by atoms with Crippen molar-refractivity contribution in [1.29, 1.82) is 0 Å². The SMILES string of the molecule is CC12Oc3ccc(Oc4ccnc5c4CCC(=O)N5)cc3[C@H]1/C2=N/C(=O)Nc1ccc(C(F)(F)F)cn1. The normalized spacial score (nSPS) is 22.3. The largest absolute Gasteiger partial charge is 0.480 e. The van der Waals surface area contributed by atoms with Crippen LogP contribution in [0, 0.1) is 0 Å². The van der Waals surface area contributed by atoms with Gasteiger partial charge in [-0.1, -0.05) is 0 Å². The highest BCUT2D eigenvalue weighted by molar-refractivity contribution is 6.21. The summed E-state index contributed by atoms with van der Waals surface area (Å²) in [5.41, 5.74) is 0.388. The first-order chi connectivity index (χ1) is 17.6. The zero-order valence-electron chi connectivity index (χ0n) is 19.2. The summed E-state index contributed by atoms with van der Waals surface area (Å²) >= 11 is 0. The summed E-state index contributed by atoms with van der Waals surface area (Å²) in [7, 11) is 0. The van der Waals surface area contributed by atoms with Gasteiger partial charge in [0.25, 0.3) is 0 Å². The van der Waals surface area contributed by atoms with Crippen molar-refractivity contribution in [1.82, 2.24) is 9.97 Å². The predicted molar refractivity (Wildman–Crippen MR) is 125 cm³/mol. The van der Waals surface area contributed by atoms with Gasteiger partial charge in [0.2, 0.25) is 5.91 Å². The molecule has 3 amide bonds. The van der Waals surface area contributed by atoms with Crippen molar-refractivity contribution < 1.29 is 32.2 Å². The second-order valence-corrected chi connectivity index (χ2v) is 8.99. The Kier molecular flexibility index (Phi) is 4.97. The Morgan fingerprint density at radius 2 is 2.05 bits per heavy atom. The molecule has 1 fully saturated rings. The van der Waals surface area contributed by atoms with E-state index in [-0.39, 0.29) is 17.6 Å². The lowest BCUT2D eigenvalue weighted by molar-refractivity contribution is -0.137. The van der Waals surface area contributed by atoms with Crippen LogP contribution in [0.3, 0.4) is 0 Å². The smallest absolute Gasteiger partial charge is 0.417 e. The molecule has 4 heterocycles. The zero-order chi connectivity index (χ0) is 25.9. The molecule has 1 aliphatic carbocycles. The highest BCUT2D eigenvalue weighted by Gasteiger charge is 2.67. The van der Waals surface area contributed by atoms with Gasteiger partial charge in [-0.3, -0.25) is 10.1 Å². The number of carbonyl (C=O) groups is 2. The number of rotatable bonds is 3. The summed E-state index contributed by atoms with van der Waals surface area (Å²) in [4.78, 5) is 36.0. The molecule has 2 aliphatic heterocycles. The van der Waals surface area contributed by atoms with Gasteiger partial charge in [-0.05, 0) is 49.7 Å². The summed E-state index contributed by atoms with van der Waals surface area (Å²) in [6.07, 6.45) is -1.46. The van der Waals surface area contributed by atoms with E-state index in [0.717, 1.165) is 23.3 Å². The molecule has 1 unspecified atom stereocenters. The molecule has 0 bridgehead atoms. The third kappa shape index (κ3) is 4.03. The monoisotopic (exact) mass is 509 g/mol. The number of hydrogen-bond donors (Lipinski definition) is 2. The number of fused-ring (bicyclic) bond motifs is 4. The van der Waals surface area contributed by atoms with Crippen LogP contribution in [0.5, 0.6) is 17.2 Å². The molecule has 3 aliphatic rings. The number of alkyl halides is 3. The van der Waals surface area contributed by atoms with Gasteiger partial charge in [-0.25, -0.2) is 14.8 Å². The number of nitrogens with zero attached hydrogens (tertiary/aromatic N) is 3. The third-order valence-electron chi connectivity index (χ3n) is 6.51. The van der Waals surface area contributed by atoms with Crippen LogP contribution in [0.15, 0.2) is 53.8 Å². The highest BCUT2D eigenvalue weighted by atomic mass is 19.4. The molecule has 1 saturated carbocycles. The maximum absolute atomic E-state index is 12.7. The molecule has 0 radical (unpaired) electrons. The number of halogens is 3. The molecule has 37 heavy (non-hydrogen) atoms. The number of amides is 3. The molecule has 1 aromatic carbocycles. The van der Waals surface area contributed by atoms with E-state index in [0.29, 0.717) is 47.8 Å². The van der Waals surface area contributed by atoms with Gasteiger partial charge in [0, 0.05) is 29.9 Å². The molecule has 9 nitrogen and oxygen atoms in total. The Balaban J connectivity index is 1.19. The van der Waals surface area contributed by atoms with Crippen LogP contribution in [-0.4, -0.2) is 33.2 Å². The predicted octanol–water partition coefficient (Wildman–Crippen LogP) is 5.09. The molecule has 3 aromatic rings. The number of benzene rings is 1. The minimum atomic E-state index is -4.52. The molecule has 2 aromatic heterocycles. The molecular weight excluding hydrogens is 491 g/mol. The van der Waals surface area contributed by atoms with Crippen LogP contribution in [0.1, 0.15) is 36.0 Å². The van der Waals surface area contributed by atoms with Crippen molar-refractivity contribution in [2.24, 2.45) is 4.99 Å². The number of anilines is 2. The van der Waals surface area contributed by atoms with Crippen molar-refractivity contribution in [3.63, 3.8) is 0 Å². The molecule has 0 saturated heterocycles. The van der Waals surface area contributed by atoms with Gasteiger partial charge in [-0.2, -0.15) is 18.2 Å². The van der Waals surface area contributed by atoms with Crippen molar-refractivity contribution in [3.8, 4) is 17.2 Å². The number of aliphatic imine (C=N–C) groups is 1. The quantitative estimate of drug-likeness (QED) is 0.508. The van der Waals surface area contributed by atoms with E-state index >= 15 is 0 Å². The second-order valence-electron chi connectivity index (χ2n) is 8.99. The van der Waals surface area contributed by atoms with Gasteiger partial charge >= 0.3 is 12.2 Å². The van der Waals surface area contributed by atoms with E-state index in [1.54, 1.807) is 24.4 Å². The highest BCUT2D eigenvalue weighted by Crippen LogP contribution is 2.60. The first-order valence-corrected chi connectivity index (χ1v) is 11.3. The number of aromatic nitrogens is 2. The van der Waals surface area contributed by atoms with Crippen molar-refractivity contribution in [3.05, 3.63) is 65.5 Å². The van der Waals surface area contributed by atoms with Gasteiger partial charge < -0.3 is 14.8 Å². The lowest BCUT2D eigenvalue weighted by Crippen LogP contribution is -2.20. The molecule has 0 spiro atoms. The van der Waals surface area contributed by atoms with Crippen LogP contribution in [-0.2, 0) is 17.4 Å². The summed E-state index contributed by atoms with van der Waals surface area (Å²) in [6, 6.07) is 8.22. The fraction of sp³-hybridized carbons (Fsp3) is 0.240. The Labute approximate surface area is 207 Å². The van der Waals surface area contributed by atoms with E-state index in [9.17, 15) is 22.8 Å². The van der Waals surface area contributed by atoms with Gasteiger partial charge in [-0.15, -0.1) is 0 Å². The maximum Gasteiger partial charge on any atom is 0.417 e. The summed E-state index contributed by atoms with van der Waals surface area (Å²) < 4.78 is 50.3. The lowest BCUT2D eigenvalue weighted by Gasteiger charge is -2.19. The minimum absolute atomic E-state index is 0.0489. The molecule has 188 valence electrons. The van der Waals surface area contributed by atoms with Gasteiger partial charge in [0.1, 0.15) is 28.9 Å². The summed E-state index contributed by atoms with van der Waals surface area (Å²) in [5.74, 6) is 1.84. The Bertz CT molecular complexity index is 1490. The minimum Gasteiger partial charge on any atom is -0.480 e. The van der Waals surface area contributed by atoms with Crippen LogP contribution in [0.2, 0.25) is 0 Å². The van der Waals surface area contributed by atoms with Crippen LogP contribution in [0.4, 0.5) is 29.6 Å². The standard InChI is InChI=1S/C25H18F3N5O4/c1-24-20(21(24)33-23(35)31-18-6-2-12(11-30-18)25(26,27)28)15-10-13(3-5-17(15)37-24)36-16-8-9-29-22-14(16)4-7-19(34)32-22/h2-3,5-6,8-11,20H,4,7H2,1H3,(H,29,32,34)(H,30,31,35)/b33-21-/t20-,24?/m0/s1. The average Bonchev–Trinajstić information content (AvgIpc) is 3.26. The topological polar surface area (TPSA) is 115 Å². The van der Waals surface area contributed by atoms with Gasteiger partial charge in [0.05, 0.1) is 17.2 Å². The first-order valence-electron chi connectivity index (χ1n) is 11.3. The fourth-order valence-electron chi connectivity index (χ4n) is 4.63. The van der Waals surface area contributed by atoms with Crippen molar-refractivity contribution in [2.45, 2.75) is 37.5 Å². The number of ether oxygens (including phenoxy) is 2. The van der Waals surface area contributed by atoms with Crippen LogP contribution in [0.25, 0.3) is 0 Å². The van der Waals surface area contributed by atoms with Crippen molar-refractivity contribution >= 4 is 29.3 Å². The van der Waals surface area contributed by atoms with Crippen LogP contribution >= 0.6 is 0 Å². The van der Waals surface area contributed by atoms with Gasteiger partial charge in [0.15, 0.2) is 5.60 Å². The number of urea groups is 1. The molecular formula is C25H18F3N5O4. The first kappa shape index (κ1) is 23.0. The summed E-state index contributed by atoms with van der Waals surface area (Å²) in [5, 5.41) is 5.12. The number of nitrogens with one attached hydrogen (secondary N) is 2. The van der Waals surface area contributed by atoms with E-state index in [1.807, 2.05) is 13.0 Å².